The lowest BCUT2D eigenvalue weighted by molar-refractivity contribution is 0.353. The third-order valence-corrected chi connectivity index (χ3v) is 1.58. The Balaban J connectivity index is 3.17. The van der Waals surface area contributed by atoms with Gasteiger partial charge in [0.1, 0.15) is 0 Å². The smallest absolute Gasteiger partial charge is 0.237 e. The van der Waals surface area contributed by atoms with Crippen molar-refractivity contribution in [2.45, 2.75) is 6.42 Å². The minimum Gasteiger partial charge on any atom is -0.289 e. The summed E-state index contributed by atoms with van der Waals surface area (Å²) in [5.41, 5.74) is 0.810. The predicted octanol–water partition coefficient (Wildman–Crippen LogP) is 2.02. The largest absolute Gasteiger partial charge is 0.289 e. The van der Waals surface area contributed by atoms with Crippen LogP contribution in [0.3, 0.4) is 0 Å². The van der Waals surface area contributed by atoms with Gasteiger partial charge in [-0.2, -0.15) is 0 Å². The number of hydrogen-bond acceptors (Lipinski definition) is 1. The highest BCUT2D eigenvalue weighted by atomic mass is 16.3. The molecule has 0 atom stereocenters. The number of rotatable bonds is 3. The van der Waals surface area contributed by atoms with E-state index in [1.165, 1.54) is 6.07 Å². The summed E-state index contributed by atoms with van der Waals surface area (Å²) in [5, 5.41) is 11.0. The van der Waals surface area contributed by atoms with Gasteiger partial charge in [-0.1, -0.05) is 18.2 Å². The monoisotopic (exact) mass is 160 g/mol. The highest BCUT2D eigenvalue weighted by Gasteiger charge is 2.06. The lowest BCUT2D eigenvalue weighted by atomic mass is 10.0. The van der Waals surface area contributed by atoms with Crippen LogP contribution in [0.4, 0.5) is 0 Å². The summed E-state index contributed by atoms with van der Waals surface area (Å²) in [6.07, 6.45) is 3.82. The molecule has 0 saturated heterocycles. The number of hydrogen-bond donors (Lipinski definition) is 0. The van der Waals surface area contributed by atoms with Gasteiger partial charge in [-0.25, -0.2) is 0 Å². The van der Waals surface area contributed by atoms with E-state index in [9.17, 15) is 9.90 Å². The van der Waals surface area contributed by atoms with Crippen LogP contribution in [0.5, 0.6) is 5.75 Å². The first-order valence-electron chi connectivity index (χ1n) is 3.57. The maximum absolute atomic E-state index is 11.0. The molecule has 0 saturated carbocycles. The molecule has 0 amide bonds. The fourth-order valence-electron chi connectivity index (χ4n) is 1.02. The Hall–Kier alpha value is -1.57. The van der Waals surface area contributed by atoms with Crippen LogP contribution in [-0.2, 0) is 16.3 Å². The Morgan fingerprint density at radius 3 is 2.83 bits per heavy atom. The van der Waals surface area contributed by atoms with Crippen molar-refractivity contribution < 1.29 is 9.90 Å². The number of carbonyl (C=O) groups excluding carboxylic acids is 1. The third-order valence-electron chi connectivity index (χ3n) is 1.58. The second kappa shape index (κ2) is 3.72. The summed E-state index contributed by atoms with van der Waals surface area (Å²) in [4.78, 5) is 10.4. The molecule has 1 aromatic carbocycles. The first-order valence-corrected chi connectivity index (χ1v) is 3.57. The Morgan fingerprint density at radius 1 is 1.50 bits per heavy atom. The van der Waals surface area contributed by atoms with E-state index in [-0.39, 0.29) is 11.3 Å². The summed E-state index contributed by atoms with van der Waals surface area (Å²) in [6.45, 7) is 3.53. The first-order chi connectivity index (χ1) is 5.79. The van der Waals surface area contributed by atoms with E-state index in [0.29, 0.717) is 12.0 Å². The standard InChI is InChI=1S/C10H8O2/c1-2-4-8-5-3-6-10(12)9(8)7-11/h2-3,5-6H,1,4H2. The van der Waals surface area contributed by atoms with Crippen LogP contribution in [-0.4, -0.2) is 6.29 Å². The van der Waals surface area contributed by atoms with Gasteiger partial charge >= 0.3 is 0 Å². The average molecular weight is 160 g/mol. The molecule has 0 unspecified atom stereocenters. The van der Waals surface area contributed by atoms with Crippen LogP contribution >= 0.6 is 0 Å². The molecule has 0 aliphatic carbocycles. The van der Waals surface area contributed by atoms with Crippen LogP contribution < -0.4 is 0 Å². The molecular formula is C10H8O2. The summed E-state index contributed by atoms with van der Waals surface area (Å²) < 4.78 is 0. The fraction of sp³-hybridized carbons (Fsp3) is 0.100. The summed E-state index contributed by atoms with van der Waals surface area (Å²) in [7, 11) is 0. The van der Waals surface area contributed by atoms with Crippen LogP contribution in [0.25, 0.3) is 0 Å². The van der Waals surface area contributed by atoms with Gasteiger partial charge in [0.25, 0.3) is 0 Å². The zero-order valence-electron chi connectivity index (χ0n) is 6.54. The molecule has 0 bridgehead atoms. The summed E-state index contributed by atoms with van der Waals surface area (Å²) >= 11 is 0. The second-order valence-corrected chi connectivity index (χ2v) is 2.39. The molecule has 1 aromatic rings. The Labute approximate surface area is 71.2 Å². The van der Waals surface area contributed by atoms with Crippen molar-refractivity contribution in [3.63, 3.8) is 0 Å². The van der Waals surface area contributed by atoms with Crippen molar-refractivity contribution in [1.29, 1.82) is 0 Å². The highest BCUT2D eigenvalue weighted by molar-refractivity contribution is 5.81. The minimum absolute atomic E-state index is 0.123. The maximum atomic E-state index is 11.0. The highest BCUT2D eigenvalue weighted by Crippen LogP contribution is 2.19. The summed E-state index contributed by atoms with van der Waals surface area (Å²) in [5.74, 6) is -0.274. The van der Waals surface area contributed by atoms with Crippen molar-refractivity contribution in [2.24, 2.45) is 0 Å². The van der Waals surface area contributed by atoms with Crippen LogP contribution in [0, 0.1) is 0 Å². The van der Waals surface area contributed by atoms with Gasteiger partial charge < -0.3 is 0 Å². The van der Waals surface area contributed by atoms with Gasteiger partial charge in [0.15, 0.2) is 5.75 Å². The van der Waals surface area contributed by atoms with E-state index < -0.39 is 0 Å². The van der Waals surface area contributed by atoms with Crippen molar-refractivity contribution in [1.82, 2.24) is 0 Å². The zero-order valence-corrected chi connectivity index (χ0v) is 6.54. The molecule has 2 radical (unpaired) electrons. The molecule has 0 heterocycles. The molecule has 2 nitrogen and oxygen atoms in total. The van der Waals surface area contributed by atoms with E-state index in [4.69, 9.17) is 0 Å². The SMILES string of the molecule is C=CCc1cccc([O])c1[C]=O. The van der Waals surface area contributed by atoms with E-state index >= 15 is 0 Å². The molecule has 0 fully saturated rings. The van der Waals surface area contributed by atoms with E-state index in [1.807, 2.05) is 0 Å². The minimum atomic E-state index is -0.274. The molecule has 0 aromatic heterocycles. The Morgan fingerprint density at radius 2 is 2.25 bits per heavy atom. The van der Waals surface area contributed by atoms with Crippen molar-refractivity contribution >= 4 is 6.29 Å². The van der Waals surface area contributed by atoms with Crippen LogP contribution in [0.1, 0.15) is 11.1 Å². The maximum Gasteiger partial charge on any atom is 0.237 e. The van der Waals surface area contributed by atoms with Gasteiger partial charge in [-0.15, -0.1) is 6.58 Å². The van der Waals surface area contributed by atoms with Crippen LogP contribution in [0.15, 0.2) is 30.9 Å². The zero-order chi connectivity index (χ0) is 8.97. The molecule has 0 spiro atoms. The quantitative estimate of drug-likeness (QED) is 0.623. The molecule has 1 rings (SSSR count). The average Bonchev–Trinajstić information content (AvgIpc) is 2.05. The van der Waals surface area contributed by atoms with Gasteiger partial charge in [-0.05, 0) is 18.1 Å². The number of allylic oxidation sites excluding steroid dienone is 1. The lowest BCUT2D eigenvalue weighted by Gasteiger charge is -1.99. The van der Waals surface area contributed by atoms with Gasteiger partial charge in [0.2, 0.25) is 6.29 Å². The van der Waals surface area contributed by atoms with E-state index in [1.54, 1.807) is 24.5 Å². The van der Waals surface area contributed by atoms with Crippen molar-refractivity contribution in [2.75, 3.05) is 0 Å². The first kappa shape index (κ1) is 8.53. The Kier molecular flexibility index (Phi) is 2.64. The Bertz CT molecular complexity index is 303. The fourth-order valence-corrected chi connectivity index (χ4v) is 1.02. The molecule has 2 heteroatoms. The lowest BCUT2D eigenvalue weighted by Crippen LogP contribution is -1.90. The van der Waals surface area contributed by atoms with E-state index in [0.717, 1.165) is 0 Å². The summed E-state index contributed by atoms with van der Waals surface area (Å²) in [6, 6.07) is 4.71. The predicted molar refractivity (Wildman–Crippen MR) is 45.3 cm³/mol. The van der Waals surface area contributed by atoms with E-state index in [2.05, 4.69) is 6.58 Å². The molecule has 0 N–H and O–H groups in total. The molecule has 12 heavy (non-hydrogen) atoms. The molecule has 0 aliphatic heterocycles. The van der Waals surface area contributed by atoms with Crippen molar-refractivity contribution in [3.05, 3.63) is 42.0 Å². The van der Waals surface area contributed by atoms with Gasteiger partial charge in [-0.3, -0.25) is 9.90 Å². The molecular weight excluding hydrogens is 152 g/mol. The second-order valence-electron chi connectivity index (χ2n) is 2.39. The molecule has 0 aliphatic rings. The molecule has 60 valence electrons. The van der Waals surface area contributed by atoms with Gasteiger partial charge in [0, 0.05) is 0 Å². The van der Waals surface area contributed by atoms with Crippen molar-refractivity contribution in [3.8, 4) is 5.75 Å². The number of benzene rings is 1. The third kappa shape index (κ3) is 1.53. The van der Waals surface area contributed by atoms with Gasteiger partial charge in [0.05, 0.1) is 5.56 Å². The normalized spacial score (nSPS) is 9.33. The topological polar surface area (TPSA) is 37.0 Å². The van der Waals surface area contributed by atoms with Crippen LogP contribution in [0.2, 0.25) is 0 Å².